The molecule has 1 aliphatic rings. The Morgan fingerprint density at radius 3 is 2.53 bits per heavy atom. The van der Waals surface area contributed by atoms with Crippen molar-refractivity contribution in [1.82, 2.24) is 10.2 Å². The van der Waals surface area contributed by atoms with Crippen LogP contribution in [0.5, 0.6) is 0 Å². The van der Waals surface area contributed by atoms with Gasteiger partial charge in [0.15, 0.2) is 0 Å². The highest BCUT2D eigenvalue weighted by Gasteiger charge is 2.18. The molecule has 106 valence electrons. The average Bonchev–Trinajstić information content (AvgIpc) is 2.81. The predicted octanol–water partition coefficient (Wildman–Crippen LogP) is 3.10. The van der Waals surface area contributed by atoms with Crippen LogP contribution >= 0.6 is 0 Å². The molecule has 0 amide bonds. The fraction of sp³-hybridized carbons (Fsp3) is 0.600. The van der Waals surface area contributed by atoms with Crippen molar-refractivity contribution in [3.8, 4) is 0 Å². The van der Waals surface area contributed by atoms with Gasteiger partial charge >= 0.3 is 0 Å². The smallest absolute Gasteiger partial charge is 0.130 e. The quantitative estimate of drug-likeness (QED) is 0.882. The predicted molar refractivity (Wildman–Crippen MR) is 73.0 cm³/mol. The van der Waals surface area contributed by atoms with E-state index in [1.165, 1.54) is 25.0 Å². The van der Waals surface area contributed by atoms with Gasteiger partial charge in [0.05, 0.1) is 0 Å². The molecule has 0 aliphatic carbocycles. The third kappa shape index (κ3) is 3.98. The number of benzene rings is 1. The van der Waals surface area contributed by atoms with Crippen LogP contribution in [0.1, 0.15) is 38.3 Å². The highest BCUT2D eigenvalue weighted by molar-refractivity contribution is 5.21. The maximum absolute atomic E-state index is 13.7. The largest absolute Gasteiger partial charge is 0.306 e. The molecule has 1 aromatic rings. The first-order valence-electron chi connectivity index (χ1n) is 6.99. The van der Waals surface area contributed by atoms with Crippen LogP contribution in [0.4, 0.5) is 8.78 Å². The fourth-order valence-electron chi connectivity index (χ4n) is 2.77. The molecule has 1 heterocycles. The molecule has 0 radical (unpaired) electrons. The minimum atomic E-state index is -0.529. The van der Waals surface area contributed by atoms with Gasteiger partial charge in [-0.25, -0.2) is 8.78 Å². The Bertz CT molecular complexity index is 417. The van der Waals surface area contributed by atoms with Crippen LogP contribution in [0.3, 0.4) is 0 Å². The molecule has 1 aromatic carbocycles. The summed E-state index contributed by atoms with van der Waals surface area (Å²) >= 11 is 0. The normalized spacial score (nSPS) is 19.6. The van der Waals surface area contributed by atoms with Crippen molar-refractivity contribution in [3.05, 3.63) is 35.4 Å². The second kappa shape index (κ2) is 6.44. The van der Waals surface area contributed by atoms with Gasteiger partial charge in [0.2, 0.25) is 0 Å². The molecule has 4 heteroatoms. The van der Waals surface area contributed by atoms with Gasteiger partial charge in [-0.3, -0.25) is 0 Å². The van der Waals surface area contributed by atoms with Crippen molar-refractivity contribution in [2.75, 3.05) is 19.6 Å². The lowest BCUT2D eigenvalue weighted by Crippen LogP contribution is -2.39. The molecule has 1 saturated heterocycles. The zero-order valence-electron chi connectivity index (χ0n) is 11.6. The van der Waals surface area contributed by atoms with E-state index >= 15 is 0 Å². The summed E-state index contributed by atoms with van der Waals surface area (Å²) in [7, 11) is 0. The Kier molecular flexibility index (Phi) is 4.88. The Morgan fingerprint density at radius 1 is 1.21 bits per heavy atom. The Labute approximate surface area is 113 Å². The first kappa shape index (κ1) is 14.4. The molecule has 1 aliphatic heterocycles. The van der Waals surface area contributed by atoms with E-state index in [9.17, 15) is 8.78 Å². The molecule has 0 bridgehead atoms. The molecule has 19 heavy (non-hydrogen) atoms. The van der Waals surface area contributed by atoms with Crippen molar-refractivity contribution in [2.24, 2.45) is 0 Å². The summed E-state index contributed by atoms with van der Waals surface area (Å²) in [6.45, 7) is 7.32. The maximum Gasteiger partial charge on any atom is 0.130 e. The van der Waals surface area contributed by atoms with Gasteiger partial charge in [0.1, 0.15) is 11.6 Å². The topological polar surface area (TPSA) is 15.3 Å². The summed E-state index contributed by atoms with van der Waals surface area (Å²) in [6, 6.07) is 3.95. The molecule has 2 rings (SSSR count). The van der Waals surface area contributed by atoms with E-state index in [0.717, 1.165) is 25.7 Å². The lowest BCUT2D eigenvalue weighted by molar-refractivity contribution is 0.288. The SMILES string of the molecule is CC(CN1CCCC1)NC(C)c1ccc(F)cc1F. The van der Waals surface area contributed by atoms with Crippen LogP contribution < -0.4 is 5.32 Å². The van der Waals surface area contributed by atoms with Gasteiger partial charge in [-0.2, -0.15) is 0 Å². The molecule has 0 aromatic heterocycles. The number of nitrogens with one attached hydrogen (secondary N) is 1. The highest BCUT2D eigenvalue weighted by Crippen LogP contribution is 2.18. The molecular formula is C15H22F2N2. The molecule has 2 unspecified atom stereocenters. The third-order valence-corrected chi connectivity index (χ3v) is 3.69. The Balaban J connectivity index is 1.90. The minimum absolute atomic E-state index is 0.113. The fourth-order valence-corrected chi connectivity index (χ4v) is 2.77. The summed E-state index contributed by atoms with van der Waals surface area (Å²) < 4.78 is 26.5. The van der Waals surface area contributed by atoms with Gasteiger partial charge in [0, 0.05) is 30.3 Å². The summed E-state index contributed by atoms with van der Waals surface area (Å²) in [4.78, 5) is 2.42. The second-order valence-corrected chi connectivity index (χ2v) is 5.46. The molecule has 2 nitrogen and oxygen atoms in total. The van der Waals surface area contributed by atoms with Crippen molar-refractivity contribution in [3.63, 3.8) is 0 Å². The molecular weight excluding hydrogens is 246 g/mol. The number of hydrogen-bond donors (Lipinski definition) is 1. The third-order valence-electron chi connectivity index (χ3n) is 3.69. The summed E-state index contributed by atoms with van der Waals surface area (Å²) in [5.41, 5.74) is 0.523. The van der Waals surface area contributed by atoms with Crippen LogP contribution in [0, 0.1) is 11.6 Å². The van der Waals surface area contributed by atoms with E-state index in [2.05, 4.69) is 17.1 Å². The van der Waals surface area contributed by atoms with Crippen LogP contribution in [0.25, 0.3) is 0 Å². The zero-order valence-corrected chi connectivity index (χ0v) is 11.6. The van der Waals surface area contributed by atoms with E-state index < -0.39 is 11.6 Å². The van der Waals surface area contributed by atoms with Gasteiger partial charge in [-0.1, -0.05) is 6.07 Å². The molecule has 0 saturated carbocycles. The molecule has 1 fully saturated rings. The maximum atomic E-state index is 13.7. The van der Waals surface area contributed by atoms with E-state index in [0.29, 0.717) is 5.56 Å². The van der Waals surface area contributed by atoms with E-state index in [1.807, 2.05) is 6.92 Å². The average molecular weight is 268 g/mol. The van der Waals surface area contributed by atoms with Gasteiger partial charge in [-0.05, 0) is 45.8 Å². The summed E-state index contributed by atoms with van der Waals surface area (Å²) in [5.74, 6) is -1.01. The molecule has 1 N–H and O–H groups in total. The standard InChI is InChI=1S/C15H22F2N2/c1-11(10-19-7-3-4-8-19)18-12(2)14-6-5-13(16)9-15(14)17/h5-6,9,11-12,18H,3-4,7-8,10H2,1-2H3. The van der Waals surface area contributed by atoms with Gasteiger partial charge in [-0.15, -0.1) is 0 Å². The summed E-state index contributed by atoms with van der Waals surface area (Å²) in [6.07, 6.45) is 2.55. The summed E-state index contributed by atoms with van der Waals surface area (Å²) in [5, 5.41) is 3.38. The number of likely N-dealkylation sites (tertiary alicyclic amines) is 1. The van der Waals surface area contributed by atoms with E-state index in [1.54, 1.807) is 0 Å². The van der Waals surface area contributed by atoms with E-state index in [-0.39, 0.29) is 12.1 Å². The highest BCUT2D eigenvalue weighted by atomic mass is 19.1. The number of rotatable bonds is 5. The van der Waals surface area contributed by atoms with Crippen molar-refractivity contribution in [2.45, 2.75) is 38.8 Å². The van der Waals surface area contributed by atoms with Crippen LogP contribution in [-0.2, 0) is 0 Å². The van der Waals surface area contributed by atoms with Crippen LogP contribution in [0.2, 0.25) is 0 Å². The first-order chi connectivity index (χ1) is 9.06. The first-order valence-corrected chi connectivity index (χ1v) is 6.99. The lowest BCUT2D eigenvalue weighted by atomic mass is 10.1. The van der Waals surface area contributed by atoms with Gasteiger partial charge < -0.3 is 10.2 Å². The van der Waals surface area contributed by atoms with Gasteiger partial charge in [0.25, 0.3) is 0 Å². The Hall–Kier alpha value is -1.00. The van der Waals surface area contributed by atoms with Crippen molar-refractivity contribution in [1.29, 1.82) is 0 Å². The second-order valence-electron chi connectivity index (χ2n) is 5.46. The van der Waals surface area contributed by atoms with Crippen molar-refractivity contribution < 1.29 is 8.78 Å². The van der Waals surface area contributed by atoms with Crippen LogP contribution in [-0.4, -0.2) is 30.6 Å². The number of hydrogen-bond acceptors (Lipinski definition) is 2. The number of nitrogens with zero attached hydrogens (tertiary/aromatic N) is 1. The zero-order chi connectivity index (χ0) is 13.8. The minimum Gasteiger partial charge on any atom is -0.306 e. The number of halogens is 2. The van der Waals surface area contributed by atoms with Crippen molar-refractivity contribution >= 4 is 0 Å². The molecule has 0 spiro atoms. The monoisotopic (exact) mass is 268 g/mol. The van der Waals surface area contributed by atoms with Crippen LogP contribution in [0.15, 0.2) is 18.2 Å². The lowest BCUT2D eigenvalue weighted by Gasteiger charge is -2.25. The van der Waals surface area contributed by atoms with E-state index in [4.69, 9.17) is 0 Å². The molecule has 2 atom stereocenters. The Morgan fingerprint density at radius 2 is 1.89 bits per heavy atom.